The third kappa shape index (κ3) is 3.25. The summed E-state index contributed by atoms with van der Waals surface area (Å²) in [6, 6.07) is 42.5. The number of hydrogen-bond acceptors (Lipinski definition) is 6. The van der Waals surface area contributed by atoms with Crippen LogP contribution in [0.3, 0.4) is 0 Å². The summed E-state index contributed by atoms with van der Waals surface area (Å²) in [6.45, 7) is 1.96. The summed E-state index contributed by atoms with van der Waals surface area (Å²) in [5, 5.41) is 44.5. The molecule has 192 valence electrons. The molecule has 5 rings (SSSR count). The Kier molecular flexibility index (Phi) is 6.61. The third-order valence-electron chi connectivity index (χ3n) is 7.91. The molecule has 0 unspecified atom stereocenters. The zero-order valence-corrected chi connectivity index (χ0v) is 22.8. The van der Waals surface area contributed by atoms with Crippen molar-refractivity contribution < 1.29 is 4.74 Å². The lowest BCUT2D eigenvalue weighted by Gasteiger charge is -2.40. The molecule has 0 radical (unpaired) electrons. The molecule has 1 aliphatic rings. The number of nitriles is 4. The van der Waals surface area contributed by atoms with Crippen LogP contribution in [0.4, 0.5) is 0 Å². The molecule has 0 spiro atoms. The molecule has 40 heavy (non-hydrogen) atoms. The number of methoxy groups -OCH3 is 1. The molecule has 0 aromatic heterocycles. The maximum absolute atomic E-state index is 11.1. The minimum Gasteiger partial charge on any atom is -0.497 e. The first-order valence-electron chi connectivity index (χ1n) is 12.6. The summed E-state index contributed by atoms with van der Waals surface area (Å²) in [5.74, 6) is 0.606. The second kappa shape index (κ2) is 9.94. The first kappa shape index (κ1) is 26.6. The largest absolute Gasteiger partial charge is 0.497 e. The number of rotatable bonds is 5. The molecule has 4 aromatic rings. The van der Waals surface area contributed by atoms with Gasteiger partial charge in [-0.2, -0.15) is 21.0 Å². The minimum absolute atomic E-state index is 0.606. The molecule has 0 saturated carbocycles. The normalized spacial score (nSPS) is 22.1. The van der Waals surface area contributed by atoms with Gasteiger partial charge in [-0.1, -0.05) is 103 Å². The van der Waals surface area contributed by atoms with E-state index in [1.165, 1.54) is 11.8 Å². The van der Waals surface area contributed by atoms with E-state index < -0.39 is 20.3 Å². The number of benzene rings is 4. The standard InChI is InChI=1S/C34H24N4OS/c1-25-13-15-28(16-14-25)33(26-9-5-3-6-10-26)31(21-35,22-36)32(23-37,24-38)34(40-33,27-11-7-4-8-12-27)29-17-19-30(39-2)20-18-29/h3-20H,1-2H3/t33-,34+/m0/s1. The molecule has 1 aliphatic heterocycles. The predicted octanol–water partition coefficient (Wildman–Crippen LogP) is 7.00. The highest BCUT2D eigenvalue weighted by Crippen LogP contribution is 2.80. The molecule has 0 N–H and O–H groups in total. The summed E-state index contributed by atoms with van der Waals surface area (Å²) in [4.78, 5) is 0. The first-order chi connectivity index (χ1) is 19.4. The third-order valence-corrected chi connectivity index (χ3v) is 10.1. The van der Waals surface area contributed by atoms with Crippen molar-refractivity contribution in [2.75, 3.05) is 7.11 Å². The van der Waals surface area contributed by atoms with Crippen LogP contribution in [0.5, 0.6) is 5.75 Å². The second-order valence-corrected chi connectivity index (χ2v) is 11.2. The summed E-state index contributed by atoms with van der Waals surface area (Å²) in [5.41, 5.74) is -0.691. The Labute approximate surface area is 238 Å². The van der Waals surface area contributed by atoms with Gasteiger partial charge in [0.15, 0.2) is 10.8 Å². The lowest BCUT2D eigenvalue weighted by atomic mass is 9.50. The minimum atomic E-state index is -2.15. The molecule has 5 nitrogen and oxygen atoms in total. The summed E-state index contributed by atoms with van der Waals surface area (Å²) in [7, 11) is 1.56. The Morgan fingerprint density at radius 3 is 1.23 bits per heavy atom. The molecule has 1 heterocycles. The van der Waals surface area contributed by atoms with Crippen LogP contribution >= 0.6 is 11.8 Å². The molecule has 4 aromatic carbocycles. The highest BCUT2D eigenvalue weighted by Gasteiger charge is 2.83. The number of nitrogens with zero attached hydrogens (tertiary/aromatic N) is 4. The average Bonchev–Trinajstić information content (AvgIpc) is 3.27. The van der Waals surface area contributed by atoms with Crippen LogP contribution in [0.25, 0.3) is 0 Å². The topological polar surface area (TPSA) is 104 Å². The smallest absolute Gasteiger partial charge is 0.200 e. The van der Waals surface area contributed by atoms with E-state index in [0.717, 1.165) is 5.56 Å². The Morgan fingerprint density at radius 2 is 0.875 bits per heavy atom. The van der Waals surface area contributed by atoms with Gasteiger partial charge in [0.1, 0.15) is 15.2 Å². The molecule has 6 heteroatoms. The number of thioether (sulfide) groups is 1. The Balaban J connectivity index is 2.05. The molecule has 1 saturated heterocycles. The maximum atomic E-state index is 11.1. The fraction of sp³-hybridized carbons (Fsp3) is 0.176. The van der Waals surface area contributed by atoms with E-state index in [1.807, 2.05) is 104 Å². The van der Waals surface area contributed by atoms with Crippen LogP contribution in [0.1, 0.15) is 27.8 Å². The van der Waals surface area contributed by atoms with Gasteiger partial charge in [-0.05, 0) is 41.3 Å². The summed E-state index contributed by atoms with van der Waals surface area (Å²) >= 11 is 1.32. The van der Waals surface area contributed by atoms with E-state index in [-0.39, 0.29) is 0 Å². The predicted molar refractivity (Wildman–Crippen MR) is 154 cm³/mol. The molecule has 2 atom stereocenters. The van der Waals surface area contributed by atoms with E-state index in [4.69, 9.17) is 4.74 Å². The van der Waals surface area contributed by atoms with Crippen LogP contribution in [-0.4, -0.2) is 7.11 Å². The zero-order chi connectivity index (χ0) is 28.4. The van der Waals surface area contributed by atoms with Gasteiger partial charge in [-0.25, -0.2) is 0 Å². The molecular formula is C34H24N4OS. The van der Waals surface area contributed by atoms with Gasteiger partial charge in [-0.15, -0.1) is 11.8 Å². The molecule has 1 fully saturated rings. The molecule has 0 bridgehead atoms. The Hall–Kier alpha value is -5.01. The van der Waals surface area contributed by atoms with E-state index >= 15 is 0 Å². The van der Waals surface area contributed by atoms with Crippen molar-refractivity contribution in [2.24, 2.45) is 10.8 Å². The van der Waals surface area contributed by atoms with Gasteiger partial charge in [0.2, 0.25) is 0 Å². The van der Waals surface area contributed by atoms with E-state index in [9.17, 15) is 21.0 Å². The van der Waals surface area contributed by atoms with Crippen LogP contribution in [0.15, 0.2) is 109 Å². The van der Waals surface area contributed by atoms with E-state index in [0.29, 0.717) is 28.0 Å². The summed E-state index contributed by atoms with van der Waals surface area (Å²) < 4.78 is 2.54. The Morgan fingerprint density at radius 1 is 0.525 bits per heavy atom. The van der Waals surface area contributed by atoms with Gasteiger partial charge < -0.3 is 4.74 Å². The van der Waals surface area contributed by atoms with Gasteiger partial charge in [0.25, 0.3) is 0 Å². The van der Waals surface area contributed by atoms with Crippen molar-refractivity contribution in [3.05, 3.63) is 137 Å². The van der Waals surface area contributed by atoms with Crippen LogP contribution < -0.4 is 4.74 Å². The number of aryl methyl sites for hydroxylation is 1. The fourth-order valence-electron chi connectivity index (χ4n) is 6.01. The van der Waals surface area contributed by atoms with Gasteiger partial charge in [0.05, 0.1) is 31.4 Å². The van der Waals surface area contributed by atoms with Crippen molar-refractivity contribution in [3.8, 4) is 30.0 Å². The lowest BCUT2D eigenvalue weighted by molar-refractivity contribution is 0.237. The van der Waals surface area contributed by atoms with Crippen LogP contribution in [-0.2, 0) is 9.49 Å². The number of hydrogen-bond donors (Lipinski definition) is 0. The van der Waals surface area contributed by atoms with Gasteiger partial charge >= 0.3 is 0 Å². The van der Waals surface area contributed by atoms with Crippen molar-refractivity contribution in [2.45, 2.75) is 16.4 Å². The van der Waals surface area contributed by atoms with E-state index in [2.05, 4.69) is 24.3 Å². The Bertz CT molecular complexity index is 1680. The highest BCUT2D eigenvalue weighted by molar-refractivity contribution is 8.02. The highest BCUT2D eigenvalue weighted by atomic mass is 32.2. The van der Waals surface area contributed by atoms with E-state index in [1.54, 1.807) is 19.2 Å². The average molecular weight is 537 g/mol. The zero-order valence-electron chi connectivity index (χ0n) is 22.0. The van der Waals surface area contributed by atoms with Crippen molar-refractivity contribution in [1.82, 2.24) is 0 Å². The van der Waals surface area contributed by atoms with Crippen LogP contribution in [0, 0.1) is 63.1 Å². The molecule has 0 amide bonds. The lowest BCUT2D eigenvalue weighted by Crippen LogP contribution is -2.52. The van der Waals surface area contributed by atoms with Crippen LogP contribution in [0.2, 0.25) is 0 Å². The molecule has 0 aliphatic carbocycles. The second-order valence-electron chi connectivity index (χ2n) is 9.74. The van der Waals surface area contributed by atoms with Crippen molar-refractivity contribution in [1.29, 1.82) is 21.0 Å². The SMILES string of the molecule is COc1ccc([C@@]2(c3ccccc3)S[C@@](c3ccccc3)(c3ccc(C)cc3)C(C#N)(C#N)C2(C#N)C#N)cc1. The number of ether oxygens (including phenoxy) is 1. The maximum Gasteiger partial charge on any atom is 0.200 e. The first-order valence-corrected chi connectivity index (χ1v) is 13.4. The summed E-state index contributed by atoms with van der Waals surface area (Å²) in [6.07, 6.45) is 0. The fourth-order valence-corrected chi connectivity index (χ4v) is 8.28. The van der Waals surface area contributed by atoms with Gasteiger partial charge in [0, 0.05) is 0 Å². The van der Waals surface area contributed by atoms with Crippen molar-refractivity contribution >= 4 is 11.8 Å². The molecular weight excluding hydrogens is 512 g/mol. The quantitative estimate of drug-likeness (QED) is 0.272. The van der Waals surface area contributed by atoms with Crippen molar-refractivity contribution in [3.63, 3.8) is 0 Å². The monoisotopic (exact) mass is 536 g/mol. The van der Waals surface area contributed by atoms with Gasteiger partial charge in [-0.3, -0.25) is 0 Å².